The van der Waals surface area contributed by atoms with Crippen LogP contribution in [0.3, 0.4) is 0 Å². The smallest absolute Gasteiger partial charge is 0.264 e. The maximum Gasteiger partial charge on any atom is 0.264 e. The van der Waals surface area contributed by atoms with Crippen LogP contribution >= 0.6 is 11.3 Å². The number of nitrogens with one attached hydrogen (secondary N) is 1. The Labute approximate surface area is 207 Å². The molecule has 1 aromatic heterocycles. The summed E-state index contributed by atoms with van der Waals surface area (Å²) < 4.78 is 28.3. The molecule has 0 aliphatic rings. The summed E-state index contributed by atoms with van der Waals surface area (Å²) >= 11 is 1.56. The highest BCUT2D eigenvalue weighted by Crippen LogP contribution is 2.34. The van der Waals surface area contributed by atoms with Crippen molar-refractivity contribution in [3.05, 3.63) is 109 Å². The topological polar surface area (TPSA) is 79.4 Å². The van der Waals surface area contributed by atoms with Gasteiger partial charge in [-0.2, -0.15) is 0 Å². The largest absolute Gasteiger partial charge is 0.321 e. The van der Waals surface area contributed by atoms with Gasteiger partial charge in [-0.3, -0.25) is 9.10 Å². The molecule has 0 aliphatic heterocycles. The van der Waals surface area contributed by atoms with Crippen molar-refractivity contribution in [3.63, 3.8) is 0 Å². The number of rotatable bonds is 6. The van der Waals surface area contributed by atoms with Crippen LogP contribution in [0.15, 0.2) is 108 Å². The maximum absolute atomic E-state index is 13.0. The zero-order chi connectivity index (χ0) is 24.4. The number of carbonyl (C=O) groups is 1. The molecular weight excluding hydrogens is 478 g/mol. The third kappa shape index (κ3) is 4.53. The lowest BCUT2D eigenvalue weighted by Crippen LogP contribution is -2.26. The van der Waals surface area contributed by atoms with E-state index in [0.29, 0.717) is 16.9 Å². The Hall–Kier alpha value is -4.01. The van der Waals surface area contributed by atoms with Gasteiger partial charge >= 0.3 is 0 Å². The summed E-state index contributed by atoms with van der Waals surface area (Å²) in [6, 6.07) is 30.1. The lowest BCUT2D eigenvalue weighted by Gasteiger charge is -2.19. The second-order valence-electron chi connectivity index (χ2n) is 7.82. The molecule has 0 bridgehead atoms. The van der Waals surface area contributed by atoms with Crippen LogP contribution in [0.1, 0.15) is 10.4 Å². The summed E-state index contributed by atoms with van der Waals surface area (Å²) in [6.45, 7) is 0. The van der Waals surface area contributed by atoms with Crippen molar-refractivity contribution >= 4 is 48.9 Å². The van der Waals surface area contributed by atoms with Gasteiger partial charge in [-0.1, -0.05) is 42.5 Å². The molecule has 0 radical (unpaired) electrons. The minimum atomic E-state index is -3.75. The lowest BCUT2D eigenvalue weighted by atomic mass is 10.1. The Kier molecular flexibility index (Phi) is 6.07. The number of aromatic nitrogens is 1. The Morgan fingerprint density at radius 1 is 0.829 bits per heavy atom. The first kappa shape index (κ1) is 22.8. The zero-order valence-corrected chi connectivity index (χ0v) is 20.4. The molecule has 8 heteroatoms. The van der Waals surface area contributed by atoms with Crippen molar-refractivity contribution in [2.45, 2.75) is 4.90 Å². The van der Waals surface area contributed by atoms with Gasteiger partial charge in [0.2, 0.25) is 0 Å². The summed E-state index contributed by atoms with van der Waals surface area (Å²) in [6.07, 6.45) is 0. The fourth-order valence-electron chi connectivity index (χ4n) is 3.67. The lowest BCUT2D eigenvalue weighted by molar-refractivity contribution is 0.102. The average Bonchev–Trinajstić information content (AvgIpc) is 3.33. The number of anilines is 2. The van der Waals surface area contributed by atoms with Crippen molar-refractivity contribution in [2.75, 3.05) is 16.7 Å². The number of nitrogens with zero attached hydrogens (tertiary/aromatic N) is 2. The SMILES string of the molecule is CN(c1ccccc1)S(=O)(=O)c1ccc(C(=O)Nc2ccccc2-c2nc3ccccc3s2)cc1. The van der Waals surface area contributed by atoms with Crippen molar-refractivity contribution < 1.29 is 13.2 Å². The monoisotopic (exact) mass is 499 g/mol. The molecule has 0 spiro atoms. The highest BCUT2D eigenvalue weighted by Gasteiger charge is 2.22. The number of sulfonamides is 1. The van der Waals surface area contributed by atoms with E-state index in [1.807, 2.05) is 54.6 Å². The zero-order valence-electron chi connectivity index (χ0n) is 18.8. The fraction of sp³-hybridized carbons (Fsp3) is 0.0370. The Morgan fingerprint density at radius 2 is 1.49 bits per heavy atom. The minimum absolute atomic E-state index is 0.107. The Bertz CT molecular complexity index is 1580. The molecule has 1 heterocycles. The third-order valence-electron chi connectivity index (χ3n) is 5.59. The standard InChI is InChI=1S/C27H21N3O3S2/c1-30(20-9-3-2-4-10-20)35(32,33)21-17-15-19(16-18-21)26(31)28-23-12-6-5-11-22(23)27-29-24-13-7-8-14-25(24)34-27/h2-18H,1H3,(H,28,31). The summed E-state index contributed by atoms with van der Waals surface area (Å²) in [4.78, 5) is 17.8. The number of fused-ring (bicyclic) bond motifs is 1. The second-order valence-corrected chi connectivity index (χ2v) is 10.8. The molecule has 4 aromatic carbocycles. The van der Waals surface area contributed by atoms with E-state index < -0.39 is 10.0 Å². The van der Waals surface area contributed by atoms with Crippen LogP contribution in [0.25, 0.3) is 20.8 Å². The first-order valence-electron chi connectivity index (χ1n) is 10.8. The highest BCUT2D eigenvalue weighted by molar-refractivity contribution is 7.92. The highest BCUT2D eigenvalue weighted by atomic mass is 32.2. The van der Waals surface area contributed by atoms with Crippen molar-refractivity contribution in [2.24, 2.45) is 0 Å². The molecule has 6 nitrogen and oxygen atoms in total. The molecule has 0 fully saturated rings. The quantitative estimate of drug-likeness (QED) is 0.309. The molecule has 0 saturated heterocycles. The normalized spacial score (nSPS) is 11.3. The summed E-state index contributed by atoms with van der Waals surface area (Å²) in [5.41, 5.74) is 3.28. The first-order valence-corrected chi connectivity index (χ1v) is 13.1. The van der Waals surface area contributed by atoms with Crippen LogP contribution in [-0.2, 0) is 10.0 Å². The molecule has 0 atom stereocenters. The minimum Gasteiger partial charge on any atom is -0.321 e. The number of para-hydroxylation sites is 3. The molecule has 0 aliphatic carbocycles. The molecule has 35 heavy (non-hydrogen) atoms. The van der Waals surface area contributed by atoms with Crippen LogP contribution < -0.4 is 9.62 Å². The maximum atomic E-state index is 13.0. The van der Waals surface area contributed by atoms with E-state index in [2.05, 4.69) is 5.32 Å². The van der Waals surface area contributed by atoms with Gasteiger partial charge in [0.25, 0.3) is 15.9 Å². The van der Waals surface area contributed by atoms with Gasteiger partial charge in [0.15, 0.2) is 0 Å². The van der Waals surface area contributed by atoms with Crippen LogP contribution in [0.5, 0.6) is 0 Å². The first-order chi connectivity index (χ1) is 16.9. The van der Waals surface area contributed by atoms with E-state index in [0.717, 1.165) is 20.8 Å². The molecule has 1 amide bonds. The Morgan fingerprint density at radius 3 is 2.23 bits per heavy atom. The number of hydrogen-bond donors (Lipinski definition) is 1. The van der Waals surface area contributed by atoms with Crippen molar-refractivity contribution in [1.82, 2.24) is 4.98 Å². The van der Waals surface area contributed by atoms with Gasteiger partial charge in [0.1, 0.15) is 5.01 Å². The molecule has 0 saturated carbocycles. The van der Waals surface area contributed by atoms with Crippen molar-refractivity contribution in [3.8, 4) is 10.6 Å². The van der Waals surface area contributed by atoms with Crippen LogP contribution in [0.4, 0.5) is 11.4 Å². The van der Waals surface area contributed by atoms with E-state index in [-0.39, 0.29) is 10.8 Å². The van der Waals surface area contributed by atoms with Gasteiger partial charge in [-0.25, -0.2) is 13.4 Å². The van der Waals surface area contributed by atoms with Crippen LogP contribution in [-0.4, -0.2) is 26.4 Å². The molecule has 174 valence electrons. The van der Waals surface area contributed by atoms with E-state index in [1.54, 1.807) is 35.6 Å². The van der Waals surface area contributed by atoms with E-state index in [1.165, 1.54) is 35.6 Å². The summed E-state index contributed by atoms with van der Waals surface area (Å²) in [5.74, 6) is -0.334. The van der Waals surface area contributed by atoms with E-state index in [4.69, 9.17) is 4.98 Å². The number of carbonyl (C=O) groups excluding carboxylic acids is 1. The van der Waals surface area contributed by atoms with Gasteiger partial charge < -0.3 is 5.32 Å². The van der Waals surface area contributed by atoms with Crippen LogP contribution in [0, 0.1) is 0 Å². The van der Waals surface area contributed by atoms with Gasteiger partial charge in [0, 0.05) is 18.2 Å². The van der Waals surface area contributed by atoms with Crippen molar-refractivity contribution in [1.29, 1.82) is 0 Å². The van der Waals surface area contributed by atoms with Gasteiger partial charge in [-0.05, 0) is 60.7 Å². The molecule has 5 aromatic rings. The van der Waals surface area contributed by atoms with E-state index in [9.17, 15) is 13.2 Å². The van der Waals surface area contributed by atoms with E-state index >= 15 is 0 Å². The summed E-state index contributed by atoms with van der Waals surface area (Å²) in [7, 11) is -2.25. The average molecular weight is 500 g/mol. The molecule has 0 unspecified atom stereocenters. The fourth-order valence-corrected chi connectivity index (χ4v) is 5.87. The number of hydrogen-bond acceptors (Lipinski definition) is 5. The number of thiazole rings is 1. The number of amides is 1. The van der Waals surface area contributed by atoms with Gasteiger partial charge in [-0.15, -0.1) is 11.3 Å². The van der Waals surface area contributed by atoms with Gasteiger partial charge in [0.05, 0.1) is 26.5 Å². The number of benzene rings is 4. The Balaban J connectivity index is 1.38. The second kappa shape index (κ2) is 9.32. The molecule has 1 N–H and O–H groups in total. The summed E-state index contributed by atoms with van der Waals surface area (Å²) in [5, 5.41) is 3.76. The third-order valence-corrected chi connectivity index (χ3v) is 8.46. The predicted octanol–water partition coefficient (Wildman–Crippen LogP) is 6.04. The molecule has 5 rings (SSSR count). The van der Waals surface area contributed by atoms with Crippen LogP contribution in [0.2, 0.25) is 0 Å². The molecular formula is C27H21N3O3S2. The predicted molar refractivity (Wildman–Crippen MR) is 141 cm³/mol.